The van der Waals surface area contributed by atoms with Gasteiger partial charge < -0.3 is 0 Å². The summed E-state index contributed by atoms with van der Waals surface area (Å²) in [4.78, 5) is 17.3. The number of nitrogens with zero attached hydrogens (tertiary/aromatic N) is 4. The Morgan fingerprint density at radius 2 is 1.79 bits per heavy atom. The van der Waals surface area contributed by atoms with Crippen molar-refractivity contribution < 1.29 is 0 Å². The smallest absolute Gasteiger partial charge is 0.161 e. The minimum absolute atomic E-state index is 0.474. The van der Waals surface area contributed by atoms with Gasteiger partial charge in [0.05, 0.1) is 20.3 Å². The van der Waals surface area contributed by atoms with E-state index in [2.05, 4.69) is 42.5 Å². The lowest BCUT2D eigenvalue weighted by Crippen LogP contribution is -1.96. The van der Waals surface area contributed by atoms with Crippen LogP contribution in [0.5, 0.6) is 0 Å². The standard InChI is InChI=1S/C13H8ClIN4/c1-7-11(15)12(14)19-13(18-7)8-2-3-9-10(6-8)17-5-4-16-9/h2-6H,1H3. The van der Waals surface area contributed by atoms with Crippen molar-refractivity contribution in [2.75, 3.05) is 0 Å². The van der Waals surface area contributed by atoms with Crippen LogP contribution in [-0.2, 0) is 0 Å². The molecule has 0 spiro atoms. The monoisotopic (exact) mass is 382 g/mol. The molecule has 0 saturated carbocycles. The second-order valence-electron chi connectivity index (χ2n) is 4.00. The van der Waals surface area contributed by atoms with Gasteiger partial charge in [0.25, 0.3) is 0 Å². The molecule has 0 N–H and O–H groups in total. The normalized spacial score (nSPS) is 10.9. The highest BCUT2D eigenvalue weighted by Gasteiger charge is 2.09. The van der Waals surface area contributed by atoms with Crippen LogP contribution in [0.15, 0.2) is 30.6 Å². The van der Waals surface area contributed by atoms with E-state index < -0.39 is 0 Å². The number of halogens is 2. The van der Waals surface area contributed by atoms with Crippen LogP contribution >= 0.6 is 34.2 Å². The molecule has 1 aromatic carbocycles. The fourth-order valence-electron chi connectivity index (χ4n) is 1.76. The van der Waals surface area contributed by atoms with Crippen molar-refractivity contribution >= 4 is 45.2 Å². The molecule has 0 bridgehead atoms. The van der Waals surface area contributed by atoms with E-state index >= 15 is 0 Å². The molecule has 2 aromatic heterocycles. The molecule has 19 heavy (non-hydrogen) atoms. The first kappa shape index (κ1) is 12.7. The van der Waals surface area contributed by atoms with Crippen molar-refractivity contribution in [2.45, 2.75) is 6.92 Å². The average molecular weight is 383 g/mol. The highest BCUT2D eigenvalue weighted by atomic mass is 127. The Labute approximate surface area is 128 Å². The van der Waals surface area contributed by atoms with E-state index in [1.807, 2.05) is 25.1 Å². The van der Waals surface area contributed by atoms with E-state index in [0.717, 1.165) is 25.9 Å². The first-order chi connectivity index (χ1) is 9.15. The number of fused-ring (bicyclic) bond motifs is 1. The van der Waals surface area contributed by atoms with Gasteiger partial charge in [-0.15, -0.1) is 0 Å². The fraction of sp³-hybridized carbons (Fsp3) is 0.0769. The van der Waals surface area contributed by atoms with Crippen LogP contribution in [0.3, 0.4) is 0 Å². The Kier molecular flexibility index (Phi) is 3.32. The van der Waals surface area contributed by atoms with Crippen molar-refractivity contribution in [1.29, 1.82) is 0 Å². The Hall–Kier alpha value is -1.34. The predicted molar refractivity (Wildman–Crippen MR) is 83.0 cm³/mol. The van der Waals surface area contributed by atoms with Gasteiger partial charge in [0, 0.05) is 18.0 Å². The van der Waals surface area contributed by atoms with Gasteiger partial charge in [-0.3, -0.25) is 9.97 Å². The molecular formula is C13H8ClIN4. The van der Waals surface area contributed by atoms with Crippen molar-refractivity contribution in [2.24, 2.45) is 0 Å². The Morgan fingerprint density at radius 1 is 1.05 bits per heavy atom. The van der Waals surface area contributed by atoms with E-state index in [1.54, 1.807) is 12.4 Å². The first-order valence-corrected chi connectivity index (χ1v) is 7.01. The van der Waals surface area contributed by atoms with Gasteiger partial charge in [-0.1, -0.05) is 11.6 Å². The topological polar surface area (TPSA) is 51.6 Å². The highest BCUT2D eigenvalue weighted by Crippen LogP contribution is 2.24. The fourth-order valence-corrected chi connectivity index (χ4v) is 2.21. The zero-order chi connectivity index (χ0) is 13.4. The average Bonchev–Trinajstić information content (AvgIpc) is 2.43. The van der Waals surface area contributed by atoms with E-state index in [0.29, 0.717) is 11.0 Å². The molecule has 0 aliphatic heterocycles. The molecule has 94 valence electrons. The van der Waals surface area contributed by atoms with Crippen molar-refractivity contribution in [3.8, 4) is 11.4 Å². The minimum atomic E-state index is 0.474. The minimum Gasteiger partial charge on any atom is -0.253 e. The quantitative estimate of drug-likeness (QED) is 0.476. The molecule has 0 amide bonds. The van der Waals surface area contributed by atoms with E-state index in [1.165, 1.54) is 0 Å². The lowest BCUT2D eigenvalue weighted by atomic mass is 10.2. The van der Waals surface area contributed by atoms with Gasteiger partial charge in [-0.25, -0.2) is 9.97 Å². The van der Waals surface area contributed by atoms with Crippen molar-refractivity contribution in [1.82, 2.24) is 19.9 Å². The number of hydrogen-bond acceptors (Lipinski definition) is 4. The van der Waals surface area contributed by atoms with Gasteiger partial charge in [0.15, 0.2) is 5.82 Å². The van der Waals surface area contributed by atoms with Crippen LogP contribution in [0.1, 0.15) is 5.69 Å². The number of benzene rings is 1. The molecule has 4 nitrogen and oxygen atoms in total. The number of rotatable bonds is 1. The van der Waals surface area contributed by atoms with Crippen molar-refractivity contribution in [3.05, 3.63) is 45.0 Å². The van der Waals surface area contributed by atoms with Gasteiger partial charge in [-0.05, 0) is 47.7 Å². The highest BCUT2D eigenvalue weighted by molar-refractivity contribution is 14.1. The Bertz CT molecular complexity index is 752. The molecule has 3 rings (SSSR count). The summed E-state index contributed by atoms with van der Waals surface area (Å²) < 4.78 is 0.878. The van der Waals surface area contributed by atoms with E-state index in [-0.39, 0.29) is 0 Å². The summed E-state index contributed by atoms with van der Waals surface area (Å²) in [6.07, 6.45) is 3.34. The second kappa shape index (κ2) is 4.97. The number of aryl methyl sites for hydroxylation is 1. The van der Waals surface area contributed by atoms with Crippen molar-refractivity contribution in [3.63, 3.8) is 0 Å². The lowest BCUT2D eigenvalue weighted by molar-refractivity contribution is 1.09. The van der Waals surface area contributed by atoms with Crippen LogP contribution in [0, 0.1) is 10.5 Å². The zero-order valence-corrected chi connectivity index (χ0v) is 12.8. The molecule has 6 heteroatoms. The maximum atomic E-state index is 6.10. The second-order valence-corrected chi connectivity index (χ2v) is 5.43. The molecule has 0 saturated heterocycles. The molecule has 2 heterocycles. The SMILES string of the molecule is Cc1nc(-c2ccc3nccnc3c2)nc(Cl)c1I. The summed E-state index contributed by atoms with van der Waals surface area (Å²) in [5.41, 5.74) is 3.42. The third-order valence-corrected chi connectivity index (χ3v) is 4.59. The molecule has 0 atom stereocenters. The zero-order valence-electron chi connectivity index (χ0n) is 9.93. The first-order valence-electron chi connectivity index (χ1n) is 5.56. The lowest BCUT2D eigenvalue weighted by Gasteiger charge is -2.05. The molecule has 0 fully saturated rings. The molecule has 0 unspecified atom stereocenters. The van der Waals surface area contributed by atoms with Crippen LogP contribution in [-0.4, -0.2) is 19.9 Å². The Balaban J connectivity index is 2.19. The predicted octanol–water partition coefficient (Wildman–Crippen LogP) is 3.65. The molecule has 3 aromatic rings. The van der Waals surface area contributed by atoms with E-state index in [9.17, 15) is 0 Å². The number of hydrogen-bond donors (Lipinski definition) is 0. The van der Waals surface area contributed by atoms with Crippen LogP contribution in [0.4, 0.5) is 0 Å². The van der Waals surface area contributed by atoms with Gasteiger partial charge in [0.1, 0.15) is 5.15 Å². The maximum absolute atomic E-state index is 6.10. The van der Waals surface area contributed by atoms with Gasteiger partial charge in [-0.2, -0.15) is 0 Å². The van der Waals surface area contributed by atoms with Gasteiger partial charge >= 0.3 is 0 Å². The Morgan fingerprint density at radius 3 is 2.53 bits per heavy atom. The van der Waals surface area contributed by atoms with Crippen LogP contribution < -0.4 is 0 Å². The summed E-state index contributed by atoms with van der Waals surface area (Å²) in [5, 5.41) is 0.474. The summed E-state index contributed by atoms with van der Waals surface area (Å²) in [6.45, 7) is 1.92. The molecular weight excluding hydrogens is 375 g/mol. The summed E-state index contributed by atoms with van der Waals surface area (Å²) in [5.74, 6) is 0.607. The third-order valence-electron chi connectivity index (χ3n) is 2.70. The molecule has 0 radical (unpaired) electrons. The maximum Gasteiger partial charge on any atom is 0.161 e. The third kappa shape index (κ3) is 2.40. The van der Waals surface area contributed by atoms with Crippen LogP contribution in [0.2, 0.25) is 5.15 Å². The van der Waals surface area contributed by atoms with Crippen LogP contribution in [0.25, 0.3) is 22.4 Å². The summed E-state index contributed by atoms with van der Waals surface area (Å²) >= 11 is 8.24. The van der Waals surface area contributed by atoms with E-state index in [4.69, 9.17) is 11.6 Å². The molecule has 0 aliphatic carbocycles. The summed E-state index contributed by atoms with van der Waals surface area (Å²) in [6, 6.07) is 5.75. The van der Waals surface area contributed by atoms with Gasteiger partial charge in [0.2, 0.25) is 0 Å². The molecule has 0 aliphatic rings. The number of aromatic nitrogens is 4. The largest absolute Gasteiger partial charge is 0.253 e. The summed E-state index contributed by atoms with van der Waals surface area (Å²) in [7, 11) is 0.